The number of carbonyl (C=O) groups is 1. The van der Waals surface area contributed by atoms with Gasteiger partial charge in [-0.3, -0.25) is 4.79 Å². The summed E-state index contributed by atoms with van der Waals surface area (Å²) in [4.78, 5) is 12.6. The number of phenols is 3. The van der Waals surface area contributed by atoms with Gasteiger partial charge in [0.15, 0.2) is 5.78 Å². The van der Waals surface area contributed by atoms with Crippen molar-refractivity contribution in [3.05, 3.63) is 53.3 Å². The van der Waals surface area contributed by atoms with Gasteiger partial charge in [0.05, 0.1) is 12.2 Å². The van der Waals surface area contributed by atoms with Crippen LogP contribution in [-0.4, -0.2) is 77.7 Å². The molecule has 168 valence electrons. The molecule has 10 heteroatoms. The van der Waals surface area contributed by atoms with Crippen LogP contribution in [-0.2, 0) is 4.74 Å². The molecule has 1 saturated heterocycles. The van der Waals surface area contributed by atoms with Gasteiger partial charge in [0.25, 0.3) is 0 Å². The summed E-state index contributed by atoms with van der Waals surface area (Å²) in [5, 5.41) is 79.9. The van der Waals surface area contributed by atoms with E-state index in [9.17, 15) is 45.6 Å². The zero-order valence-corrected chi connectivity index (χ0v) is 16.2. The maximum atomic E-state index is 12.6. The number of allylic oxidation sites excluding steroid dienone is 5. The Morgan fingerprint density at radius 1 is 1.06 bits per heavy atom. The second-order valence-corrected chi connectivity index (χ2v) is 7.41. The first kappa shape index (κ1) is 22.8. The lowest BCUT2D eigenvalue weighted by molar-refractivity contribution is -0.232. The van der Waals surface area contributed by atoms with E-state index >= 15 is 0 Å². The molecule has 0 aromatic heterocycles. The van der Waals surface area contributed by atoms with Crippen LogP contribution < -0.4 is 0 Å². The van der Waals surface area contributed by atoms with E-state index in [1.165, 1.54) is 12.2 Å². The summed E-state index contributed by atoms with van der Waals surface area (Å²) in [5.74, 6) is -3.24. The fourth-order valence-electron chi connectivity index (χ4n) is 3.58. The molecule has 0 spiro atoms. The molecule has 8 N–H and O–H groups in total. The molecule has 1 aliphatic carbocycles. The maximum Gasteiger partial charge on any atom is 0.193 e. The van der Waals surface area contributed by atoms with Crippen LogP contribution >= 0.6 is 0 Å². The number of ether oxygens (including phenoxy) is 1. The first-order valence-corrected chi connectivity index (χ1v) is 9.53. The topological polar surface area (TPSA) is 188 Å². The normalized spacial score (nSPS) is 31.0. The fraction of sp³-hybridized carbons (Fsp3) is 0.381. The summed E-state index contributed by atoms with van der Waals surface area (Å²) in [5.41, 5.74) is -1.06. The minimum atomic E-state index is -1.82. The van der Waals surface area contributed by atoms with Crippen molar-refractivity contribution in [1.29, 1.82) is 0 Å². The predicted octanol–water partition coefficient (Wildman–Crippen LogP) is 0.0752. The quantitative estimate of drug-likeness (QED) is 0.232. The largest absolute Gasteiger partial charge is 0.508 e. The average molecular weight is 436 g/mol. The van der Waals surface area contributed by atoms with Gasteiger partial charge in [-0.25, -0.2) is 0 Å². The van der Waals surface area contributed by atoms with Crippen molar-refractivity contribution in [2.45, 2.75) is 36.9 Å². The van der Waals surface area contributed by atoms with Gasteiger partial charge in [0.2, 0.25) is 0 Å². The highest BCUT2D eigenvalue weighted by molar-refractivity contribution is 6.09. The van der Waals surface area contributed by atoms with Crippen molar-refractivity contribution in [3.63, 3.8) is 0 Å². The van der Waals surface area contributed by atoms with Gasteiger partial charge in [0.1, 0.15) is 59.1 Å². The summed E-state index contributed by atoms with van der Waals surface area (Å²) in [7, 11) is 0. The Morgan fingerprint density at radius 2 is 1.77 bits per heavy atom. The van der Waals surface area contributed by atoms with Crippen molar-refractivity contribution in [2.75, 3.05) is 6.61 Å². The zero-order chi connectivity index (χ0) is 22.9. The monoisotopic (exact) mass is 436 g/mol. The van der Waals surface area contributed by atoms with Gasteiger partial charge in [-0.15, -0.1) is 0 Å². The van der Waals surface area contributed by atoms with Crippen LogP contribution in [0.15, 0.2) is 42.2 Å². The number of phenolic OH excluding ortho intramolecular Hbond substituents is 3. The molecule has 0 amide bonds. The number of hydrogen-bond donors (Lipinski definition) is 8. The lowest BCUT2D eigenvalue weighted by atomic mass is 9.88. The molecule has 1 fully saturated rings. The van der Waals surface area contributed by atoms with E-state index < -0.39 is 71.3 Å². The molecule has 10 nitrogen and oxygen atoms in total. The van der Waals surface area contributed by atoms with E-state index in [0.29, 0.717) is 6.42 Å². The Kier molecular flexibility index (Phi) is 6.68. The van der Waals surface area contributed by atoms with Crippen LogP contribution in [0.25, 0.3) is 0 Å². The van der Waals surface area contributed by atoms with Gasteiger partial charge < -0.3 is 45.6 Å². The Bertz CT molecular complexity index is 933. The van der Waals surface area contributed by atoms with E-state index in [1.807, 2.05) is 0 Å². The molecule has 2 aliphatic rings. The lowest BCUT2D eigenvalue weighted by Gasteiger charge is -2.40. The Balaban J connectivity index is 1.94. The minimum Gasteiger partial charge on any atom is -0.508 e. The second-order valence-electron chi connectivity index (χ2n) is 7.41. The molecular weight excluding hydrogens is 412 g/mol. The Morgan fingerprint density at radius 3 is 2.39 bits per heavy atom. The van der Waals surface area contributed by atoms with Crippen LogP contribution in [0, 0.1) is 5.92 Å². The lowest BCUT2D eigenvalue weighted by Crippen LogP contribution is -2.55. The van der Waals surface area contributed by atoms with Crippen molar-refractivity contribution in [1.82, 2.24) is 0 Å². The molecule has 1 aromatic carbocycles. The highest BCUT2D eigenvalue weighted by Crippen LogP contribution is 2.46. The number of rotatable bonds is 5. The number of aromatic hydroxyl groups is 3. The molecule has 6 atom stereocenters. The summed E-state index contributed by atoms with van der Waals surface area (Å²) < 4.78 is 5.34. The van der Waals surface area contributed by atoms with Crippen molar-refractivity contribution in [3.8, 4) is 17.2 Å². The van der Waals surface area contributed by atoms with Crippen LogP contribution in [0.3, 0.4) is 0 Å². The van der Waals surface area contributed by atoms with Gasteiger partial charge in [-0.1, -0.05) is 12.2 Å². The van der Waals surface area contributed by atoms with E-state index in [2.05, 4.69) is 0 Å². The predicted molar refractivity (Wildman–Crippen MR) is 106 cm³/mol. The van der Waals surface area contributed by atoms with E-state index in [-0.39, 0.29) is 11.7 Å². The first-order valence-electron chi connectivity index (χ1n) is 9.53. The van der Waals surface area contributed by atoms with Gasteiger partial charge >= 0.3 is 0 Å². The number of carbonyl (C=O) groups excluding carboxylic acids is 1. The molecule has 0 bridgehead atoms. The van der Waals surface area contributed by atoms with Crippen LogP contribution in [0.5, 0.6) is 17.2 Å². The van der Waals surface area contributed by atoms with E-state index in [4.69, 9.17) is 4.74 Å². The zero-order valence-electron chi connectivity index (χ0n) is 16.2. The number of hydrogen-bond acceptors (Lipinski definition) is 10. The molecule has 0 radical (unpaired) electrons. The van der Waals surface area contributed by atoms with Crippen molar-refractivity contribution < 1.29 is 50.4 Å². The molecule has 1 unspecified atom stereocenters. The molecule has 1 heterocycles. The van der Waals surface area contributed by atoms with Gasteiger partial charge in [-0.2, -0.15) is 0 Å². The Labute approximate surface area is 176 Å². The second kappa shape index (κ2) is 9.08. The number of aliphatic hydroxyl groups excluding tert-OH is 5. The molecule has 1 aromatic rings. The summed E-state index contributed by atoms with van der Waals surface area (Å²) in [6.07, 6.45) is -0.422. The SMILES string of the molecule is O=C(C=CC1C=CC(O)=CC1)c1c(O)cc(O)c([C@@H]2O[C@H](CO)[C@@H](O)[C@H](O)[C@H]2O)c1O. The van der Waals surface area contributed by atoms with Crippen LogP contribution in [0.1, 0.15) is 28.4 Å². The molecule has 1 aliphatic heterocycles. The summed E-state index contributed by atoms with van der Waals surface area (Å²) >= 11 is 0. The molecule has 31 heavy (non-hydrogen) atoms. The standard InChI is InChI=1S/C21H24O10/c22-8-14-17(27)19(29)20(30)21(31-14)16-13(26)7-12(25)15(18(16)28)11(24)6-3-9-1-4-10(23)5-2-9/h1,3-7,9,14,17,19-23,25-30H,2,8H2/t9?,14-,17-,19+,20-,21+/m1/s1. The number of ketones is 1. The summed E-state index contributed by atoms with van der Waals surface area (Å²) in [6, 6.07) is 0.777. The number of aliphatic hydroxyl groups is 5. The third-order valence-electron chi connectivity index (χ3n) is 5.33. The van der Waals surface area contributed by atoms with Crippen molar-refractivity contribution >= 4 is 5.78 Å². The van der Waals surface area contributed by atoms with Gasteiger partial charge in [0, 0.05) is 6.07 Å². The molecular formula is C21H24O10. The first-order chi connectivity index (χ1) is 14.6. The van der Waals surface area contributed by atoms with Crippen LogP contribution in [0.2, 0.25) is 0 Å². The highest BCUT2D eigenvalue weighted by Gasteiger charge is 2.46. The Hall–Kier alpha value is -2.89. The van der Waals surface area contributed by atoms with Crippen LogP contribution in [0.4, 0.5) is 0 Å². The minimum absolute atomic E-state index is 0.106. The van der Waals surface area contributed by atoms with Gasteiger partial charge in [-0.05, 0) is 30.6 Å². The maximum absolute atomic E-state index is 12.6. The number of benzene rings is 1. The molecule has 3 rings (SSSR count). The third-order valence-corrected chi connectivity index (χ3v) is 5.33. The van der Waals surface area contributed by atoms with E-state index in [0.717, 1.165) is 12.1 Å². The van der Waals surface area contributed by atoms with E-state index in [1.54, 1.807) is 12.2 Å². The smallest absolute Gasteiger partial charge is 0.193 e. The molecule has 0 saturated carbocycles. The average Bonchev–Trinajstić information content (AvgIpc) is 2.73. The van der Waals surface area contributed by atoms with Crippen molar-refractivity contribution in [2.24, 2.45) is 5.92 Å². The fourth-order valence-corrected chi connectivity index (χ4v) is 3.58. The third kappa shape index (κ3) is 4.43. The summed E-state index contributed by atoms with van der Waals surface area (Å²) in [6.45, 7) is -0.728. The highest BCUT2D eigenvalue weighted by atomic mass is 16.5.